The van der Waals surface area contributed by atoms with E-state index in [0.29, 0.717) is 12.8 Å². The van der Waals surface area contributed by atoms with Crippen LogP contribution >= 0.6 is 0 Å². The van der Waals surface area contributed by atoms with E-state index in [1.165, 1.54) is 96.3 Å². The summed E-state index contributed by atoms with van der Waals surface area (Å²) in [6.07, 6.45) is 23.5. The van der Waals surface area contributed by atoms with E-state index in [4.69, 9.17) is 0 Å². The van der Waals surface area contributed by atoms with Crippen LogP contribution in [0, 0.1) is 6.92 Å². The fourth-order valence-electron chi connectivity index (χ4n) is 3.01. The molecule has 2 amide bonds. The van der Waals surface area contributed by atoms with Crippen LogP contribution in [-0.2, 0) is 32.0 Å². The van der Waals surface area contributed by atoms with Crippen molar-refractivity contribution in [3.8, 4) is 0 Å². The first kappa shape index (κ1) is 28.1. The summed E-state index contributed by atoms with van der Waals surface area (Å²) in [5.74, 6) is -0.546. The summed E-state index contributed by atoms with van der Waals surface area (Å²) >= 11 is 0. The zero-order chi connectivity index (χ0) is 18.6. The first-order chi connectivity index (χ1) is 12.2. The Labute approximate surface area is 178 Å². The second-order valence-electron chi connectivity index (χ2n) is 7.20. The van der Waals surface area contributed by atoms with Crippen LogP contribution in [0.15, 0.2) is 0 Å². The van der Waals surface area contributed by atoms with Gasteiger partial charge >= 0.3 is 0 Å². The molecule has 1 radical (unpaired) electrons. The molecule has 26 heavy (non-hydrogen) atoms. The quantitative estimate of drug-likeness (QED) is 0.0934. The number of amides is 2. The first-order valence-electron chi connectivity index (χ1n) is 10.8. The molecule has 1 aliphatic rings. The molecule has 4 heteroatoms. The Bertz CT molecular complexity index is 291. The van der Waals surface area contributed by atoms with Crippen molar-refractivity contribution in [3.05, 3.63) is 12.2 Å². The summed E-state index contributed by atoms with van der Waals surface area (Å²) in [4.78, 5) is 20.1. The van der Waals surface area contributed by atoms with Gasteiger partial charge in [-0.3, -0.25) is 0 Å². The van der Waals surface area contributed by atoms with E-state index in [-0.39, 0.29) is 34.2 Å². The standard InChI is InChI=1S/C18H37.C4H5NO2.Au/c1-3-5-7-9-11-13-15-17-18-16-14-12-10-8-6-4-2;6-3-1-2-4(7)5-3;/h1,3-18H2,2H3;1-2H2,(H,5,6,7);/q-1;;/p-1. The van der Waals surface area contributed by atoms with Crippen molar-refractivity contribution in [2.45, 2.75) is 122 Å². The monoisotopic (exact) mass is 548 g/mol. The molecule has 1 rings (SSSR count). The molecule has 0 atom stereocenters. The average molecular weight is 549 g/mol. The van der Waals surface area contributed by atoms with Crippen molar-refractivity contribution in [1.82, 2.24) is 0 Å². The van der Waals surface area contributed by atoms with Gasteiger partial charge in [0.2, 0.25) is 0 Å². The van der Waals surface area contributed by atoms with Gasteiger partial charge < -0.3 is 21.8 Å². The van der Waals surface area contributed by atoms with Crippen LogP contribution in [0.4, 0.5) is 0 Å². The molecule has 0 N–H and O–H groups in total. The van der Waals surface area contributed by atoms with Crippen molar-refractivity contribution in [1.29, 1.82) is 0 Å². The number of carbonyl (C=O) groups is 2. The molecule has 1 aliphatic heterocycles. The molecule has 0 spiro atoms. The topological polar surface area (TPSA) is 48.2 Å². The van der Waals surface area contributed by atoms with Crippen LogP contribution in [-0.4, -0.2) is 11.8 Å². The summed E-state index contributed by atoms with van der Waals surface area (Å²) in [5, 5.41) is 3.11. The molecule has 3 nitrogen and oxygen atoms in total. The van der Waals surface area contributed by atoms with Gasteiger partial charge in [0.1, 0.15) is 0 Å². The van der Waals surface area contributed by atoms with Gasteiger partial charge in [0.25, 0.3) is 0 Å². The van der Waals surface area contributed by atoms with Crippen LogP contribution in [0.25, 0.3) is 5.32 Å². The molecule has 1 heterocycles. The van der Waals surface area contributed by atoms with E-state index in [1.54, 1.807) is 0 Å². The molecule has 0 aromatic carbocycles. The predicted molar refractivity (Wildman–Crippen MR) is 108 cm³/mol. The van der Waals surface area contributed by atoms with E-state index >= 15 is 0 Å². The van der Waals surface area contributed by atoms with E-state index in [2.05, 4.69) is 19.2 Å². The van der Waals surface area contributed by atoms with Crippen LogP contribution in [0.2, 0.25) is 0 Å². The summed E-state index contributed by atoms with van der Waals surface area (Å²) in [7, 11) is 0. The minimum Gasteiger partial charge on any atom is -0.596 e. The Morgan fingerprint density at radius 1 is 0.654 bits per heavy atom. The zero-order valence-corrected chi connectivity index (χ0v) is 19.2. The van der Waals surface area contributed by atoms with Gasteiger partial charge in [0.15, 0.2) is 0 Å². The number of imide groups is 1. The maximum atomic E-state index is 10.1. The van der Waals surface area contributed by atoms with E-state index in [0.717, 1.165) is 6.42 Å². The number of carbonyl (C=O) groups excluding carboxylic acids is 2. The molecular formula is C22H41AuNO2-2. The third kappa shape index (κ3) is 21.9. The third-order valence-corrected chi connectivity index (χ3v) is 4.66. The molecule has 0 saturated carbocycles. The summed E-state index contributed by atoms with van der Waals surface area (Å²) in [6, 6.07) is 0. The Balaban J connectivity index is 0. The van der Waals surface area contributed by atoms with Crippen molar-refractivity contribution in [2.75, 3.05) is 0 Å². The van der Waals surface area contributed by atoms with Gasteiger partial charge in [-0.2, -0.15) is 6.42 Å². The Morgan fingerprint density at radius 3 is 1.19 bits per heavy atom. The van der Waals surface area contributed by atoms with Gasteiger partial charge in [-0.25, -0.2) is 0 Å². The number of nitrogens with zero attached hydrogens (tertiary/aromatic N) is 1. The van der Waals surface area contributed by atoms with Crippen molar-refractivity contribution in [2.24, 2.45) is 0 Å². The van der Waals surface area contributed by atoms with Gasteiger partial charge in [-0.1, -0.05) is 103 Å². The molecule has 1 saturated heterocycles. The summed E-state index contributed by atoms with van der Waals surface area (Å²) in [6.45, 7) is 6.18. The predicted octanol–water partition coefficient (Wildman–Crippen LogP) is 7.29. The van der Waals surface area contributed by atoms with Gasteiger partial charge in [-0.05, 0) is 12.8 Å². The van der Waals surface area contributed by atoms with Gasteiger partial charge in [0, 0.05) is 22.4 Å². The third-order valence-electron chi connectivity index (χ3n) is 4.66. The smallest absolute Gasteiger partial charge is 0.0568 e. The maximum absolute atomic E-state index is 10.1. The van der Waals surface area contributed by atoms with E-state index < -0.39 is 0 Å². The molecule has 0 aromatic heterocycles. The number of rotatable bonds is 15. The Kier molecular flexibility index (Phi) is 24.8. The Morgan fingerprint density at radius 2 is 0.962 bits per heavy atom. The molecule has 0 aromatic rings. The minimum absolute atomic E-state index is 0. The van der Waals surface area contributed by atoms with Crippen molar-refractivity contribution in [3.63, 3.8) is 0 Å². The zero-order valence-electron chi connectivity index (χ0n) is 17.0. The Hall–Kier alpha value is -0.120. The van der Waals surface area contributed by atoms with Crippen molar-refractivity contribution >= 4 is 11.8 Å². The maximum Gasteiger partial charge on any atom is 0.0568 e. The average Bonchev–Trinajstić information content (AvgIpc) is 2.99. The number of hydrogen-bond donors (Lipinski definition) is 0. The van der Waals surface area contributed by atoms with Crippen LogP contribution in [0.5, 0.6) is 0 Å². The summed E-state index contributed by atoms with van der Waals surface area (Å²) in [5.41, 5.74) is 0. The minimum atomic E-state index is -0.273. The SMILES string of the molecule is O=C1CCC(=O)[N-]1.[Au].[CH2-]CCCCCCCCCCCCCCCCC. The molecular weight excluding hydrogens is 507 g/mol. The molecule has 1 fully saturated rings. The van der Waals surface area contributed by atoms with Crippen LogP contribution in [0.1, 0.15) is 122 Å². The van der Waals surface area contributed by atoms with E-state index in [9.17, 15) is 9.59 Å². The summed E-state index contributed by atoms with van der Waals surface area (Å²) < 4.78 is 0. The molecule has 0 bridgehead atoms. The van der Waals surface area contributed by atoms with Crippen LogP contribution in [0.3, 0.4) is 0 Å². The fraction of sp³-hybridized carbons (Fsp3) is 0.864. The largest absolute Gasteiger partial charge is 0.596 e. The van der Waals surface area contributed by atoms with Gasteiger partial charge in [-0.15, -0.1) is 0 Å². The second kappa shape index (κ2) is 22.9. The second-order valence-corrected chi connectivity index (χ2v) is 7.20. The molecule has 0 aliphatic carbocycles. The van der Waals surface area contributed by atoms with E-state index in [1.807, 2.05) is 0 Å². The number of unbranched alkanes of at least 4 members (excludes halogenated alkanes) is 15. The normalized spacial score (nSPS) is 13.0. The fourth-order valence-corrected chi connectivity index (χ4v) is 3.01. The molecule has 0 unspecified atom stereocenters. The van der Waals surface area contributed by atoms with Crippen LogP contribution < -0.4 is 0 Å². The van der Waals surface area contributed by atoms with Gasteiger partial charge in [0.05, 0.1) is 11.8 Å². The molecule has 159 valence electrons. The van der Waals surface area contributed by atoms with Crippen molar-refractivity contribution < 1.29 is 32.0 Å². The first-order valence-corrected chi connectivity index (χ1v) is 10.8. The number of hydrogen-bond acceptors (Lipinski definition) is 2.